The van der Waals surface area contributed by atoms with Gasteiger partial charge in [0.25, 0.3) is 0 Å². The second-order valence-electron chi connectivity index (χ2n) is 3.51. The molecule has 0 fully saturated rings. The first-order valence-corrected chi connectivity index (χ1v) is 5.72. The Balaban J connectivity index is 2.23. The first-order valence-electron chi connectivity index (χ1n) is 5.31. The molecule has 2 aromatic rings. The number of rotatable bonds is 2. The molecule has 2 rings (SSSR count). The first-order chi connectivity index (χ1) is 8.31. The normalized spacial score (nSPS) is 9.71. The quantitative estimate of drug-likeness (QED) is 0.625. The van der Waals surface area contributed by atoms with Gasteiger partial charge in [-0.05, 0) is 43.5 Å². The first kappa shape index (κ1) is 11.6. The molecule has 0 aliphatic heterocycles. The second kappa shape index (κ2) is 5.48. The van der Waals surface area contributed by atoms with Crippen molar-refractivity contribution < 1.29 is 0 Å². The molecule has 4 heteroatoms. The molecule has 1 aromatic heterocycles. The Morgan fingerprint density at radius 1 is 1.35 bits per heavy atom. The largest absolute Gasteiger partial charge is 0.337 e. The Bertz CT molecular complexity index is 596. The highest BCUT2D eigenvalue weighted by Crippen LogP contribution is 2.09. The van der Waals surface area contributed by atoms with E-state index in [0.29, 0.717) is 11.3 Å². The lowest BCUT2D eigenvalue weighted by Crippen LogP contribution is -2.04. The van der Waals surface area contributed by atoms with Crippen molar-refractivity contribution in [3.8, 4) is 17.5 Å². The van der Waals surface area contributed by atoms with E-state index in [1.54, 1.807) is 0 Å². The minimum Gasteiger partial charge on any atom is -0.337 e. The van der Waals surface area contributed by atoms with Crippen molar-refractivity contribution in [3.05, 3.63) is 47.0 Å². The molecular formula is C13H13N3S. The van der Waals surface area contributed by atoms with Crippen LogP contribution in [-0.2, 0) is 0 Å². The van der Waals surface area contributed by atoms with E-state index in [1.165, 1.54) is 0 Å². The highest BCUT2D eigenvalue weighted by atomic mass is 32.1. The van der Waals surface area contributed by atoms with Crippen molar-refractivity contribution in [2.24, 2.45) is 0 Å². The fourth-order valence-corrected chi connectivity index (χ4v) is 1.70. The topological polar surface area (TPSA) is 32.8 Å². The van der Waals surface area contributed by atoms with Crippen LogP contribution in [0.4, 0.5) is 0 Å². The third-order valence-electron chi connectivity index (χ3n) is 2.29. The second-order valence-corrected chi connectivity index (χ2v) is 3.90. The summed E-state index contributed by atoms with van der Waals surface area (Å²) < 4.78 is 2.61. The number of hydrogen-bond acceptors (Lipinski definition) is 2. The van der Waals surface area contributed by atoms with Gasteiger partial charge in [0.2, 0.25) is 0 Å². The number of benzene rings is 1. The Hall–Kier alpha value is -1.83. The molecule has 0 aliphatic carbocycles. The third kappa shape index (κ3) is 2.84. The van der Waals surface area contributed by atoms with Gasteiger partial charge in [-0.2, -0.15) is 0 Å². The zero-order chi connectivity index (χ0) is 12.1. The van der Waals surface area contributed by atoms with E-state index in [1.807, 2.05) is 48.3 Å². The Morgan fingerprint density at radius 2 is 2.12 bits per heavy atom. The molecule has 0 spiro atoms. The molecule has 1 heterocycles. The number of imidazole rings is 1. The Labute approximate surface area is 105 Å². The van der Waals surface area contributed by atoms with Crippen molar-refractivity contribution in [1.29, 1.82) is 0 Å². The molecule has 1 aromatic carbocycles. The number of aromatic nitrogens is 2. The van der Waals surface area contributed by atoms with Crippen LogP contribution < -0.4 is 5.32 Å². The van der Waals surface area contributed by atoms with Gasteiger partial charge in [-0.3, -0.25) is 4.57 Å². The maximum atomic E-state index is 5.16. The van der Waals surface area contributed by atoms with Gasteiger partial charge < -0.3 is 10.3 Å². The van der Waals surface area contributed by atoms with Crippen molar-refractivity contribution in [2.45, 2.75) is 0 Å². The Kier molecular flexibility index (Phi) is 3.76. The van der Waals surface area contributed by atoms with Crippen LogP contribution >= 0.6 is 12.2 Å². The van der Waals surface area contributed by atoms with Crippen LogP contribution in [0.1, 0.15) is 5.56 Å². The summed E-state index contributed by atoms with van der Waals surface area (Å²) in [5.41, 5.74) is 2.04. The highest BCUT2D eigenvalue weighted by molar-refractivity contribution is 7.71. The molecule has 3 nitrogen and oxygen atoms in total. The van der Waals surface area contributed by atoms with Gasteiger partial charge in [-0.1, -0.05) is 11.8 Å². The van der Waals surface area contributed by atoms with Gasteiger partial charge in [0.1, 0.15) is 0 Å². The van der Waals surface area contributed by atoms with Gasteiger partial charge in [0, 0.05) is 23.6 Å². The molecule has 2 N–H and O–H groups in total. The van der Waals surface area contributed by atoms with Crippen LogP contribution in [0.2, 0.25) is 0 Å². The van der Waals surface area contributed by atoms with Crippen LogP contribution in [0.15, 0.2) is 36.7 Å². The van der Waals surface area contributed by atoms with Crippen LogP contribution in [0, 0.1) is 16.6 Å². The summed E-state index contributed by atoms with van der Waals surface area (Å²) in [6.07, 6.45) is 3.73. The minimum atomic E-state index is 0.694. The number of aromatic amines is 1. The van der Waals surface area contributed by atoms with Gasteiger partial charge in [-0.15, -0.1) is 0 Å². The molecule has 0 aliphatic rings. The van der Waals surface area contributed by atoms with E-state index in [9.17, 15) is 0 Å². The monoisotopic (exact) mass is 243 g/mol. The van der Waals surface area contributed by atoms with Gasteiger partial charge in [0.05, 0.1) is 6.54 Å². The average molecular weight is 243 g/mol. The summed E-state index contributed by atoms with van der Waals surface area (Å²) in [7, 11) is 1.88. The van der Waals surface area contributed by atoms with E-state index in [2.05, 4.69) is 22.1 Å². The van der Waals surface area contributed by atoms with Gasteiger partial charge >= 0.3 is 0 Å². The lowest BCUT2D eigenvalue weighted by atomic mass is 10.2. The lowest BCUT2D eigenvalue weighted by Gasteiger charge is -2.01. The van der Waals surface area contributed by atoms with Crippen molar-refractivity contribution in [2.75, 3.05) is 13.6 Å². The third-order valence-corrected chi connectivity index (χ3v) is 2.61. The van der Waals surface area contributed by atoms with Crippen LogP contribution in [-0.4, -0.2) is 23.1 Å². The lowest BCUT2D eigenvalue weighted by molar-refractivity contribution is 0.938. The molecular weight excluding hydrogens is 230 g/mol. The van der Waals surface area contributed by atoms with Gasteiger partial charge in [0.15, 0.2) is 4.77 Å². The summed E-state index contributed by atoms with van der Waals surface area (Å²) in [4.78, 5) is 2.97. The van der Waals surface area contributed by atoms with E-state index in [0.717, 1.165) is 11.3 Å². The SMILES string of the molecule is CNCC#Cc1ccc(-n2cc[nH]c2=S)cc1. The fourth-order valence-electron chi connectivity index (χ4n) is 1.46. The van der Waals surface area contributed by atoms with Gasteiger partial charge in [-0.25, -0.2) is 0 Å². The van der Waals surface area contributed by atoms with E-state index >= 15 is 0 Å². The van der Waals surface area contributed by atoms with E-state index < -0.39 is 0 Å². The molecule has 0 saturated carbocycles. The molecule has 0 saturated heterocycles. The molecule has 0 radical (unpaired) electrons. The maximum absolute atomic E-state index is 5.16. The maximum Gasteiger partial charge on any atom is 0.181 e. The zero-order valence-electron chi connectivity index (χ0n) is 9.53. The summed E-state index contributed by atoms with van der Waals surface area (Å²) in [5.74, 6) is 6.10. The number of H-pyrrole nitrogens is 1. The number of nitrogens with zero attached hydrogens (tertiary/aromatic N) is 1. The van der Waals surface area contributed by atoms with Crippen molar-refractivity contribution in [3.63, 3.8) is 0 Å². The van der Waals surface area contributed by atoms with Crippen molar-refractivity contribution >= 4 is 12.2 Å². The average Bonchev–Trinajstić information content (AvgIpc) is 2.77. The van der Waals surface area contributed by atoms with Crippen LogP contribution in [0.25, 0.3) is 5.69 Å². The van der Waals surface area contributed by atoms with E-state index in [4.69, 9.17) is 12.2 Å². The minimum absolute atomic E-state index is 0.694. The predicted octanol–water partition coefficient (Wildman–Crippen LogP) is 2.11. The molecule has 0 bridgehead atoms. The highest BCUT2D eigenvalue weighted by Gasteiger charge is 1.96. The predicted molar refractivity (Wildman–Crippen MR) is 71.8 cm³/mol. The summed E-state index contributed by atoms with van der Waals surface area (Å²) >= 11 is 5.16. The van der Waals surface area contributed by atoms with E-state index in [-0.39, 0.29) is 0 Å². The van der Waals surface area contributed by atoms with Crippen LogP contribution in [0.3, 0.4) is 0 Å². The Morgan fingerprint density at radius 3 is 2.71 bits per heavy atom. The molecule has 17 heavy (non-hydrogen) atoms. The van der Waals surface area contributed by atoms with Crippen molar-refractivity contribution in [1.82, 2.24) is 14.9 Å². The molecule has 0 amide bonds. The molecule has 0 atom stereocenters. The van der Waals surface area contributed by atoms with Crippen LogP contribution in [0.5, 0.6) is 0 Å². The molecule has 86 valence electrons. The summed E-state index contributed by atoms with van der Waals surface area (Å²) in [6.45, 7) is 0.699. The fraction of sp³-hybridized carbons (Fsp3) is 0.154. The number of nitrogens with one attached hydrogen (secondary N) is 2. The molecule has 0 unspecified atom stereocenters. The number of hydrogen-bond donors (Lipinski definition) is 2. The summed E-state index contributed by atoms with van der Waals surface area (Å²) in [6, 6.07) is 8.00. The zero-order valence-corrected chi connectivity index (χ0v) is 10.3. The smallest absolute Gasteiger partial charge is 0.181 e. The standard InChI is InChI=1S/C13H13N3S/c1-14-8-2-3-11-4-6-12(7-5-11)16-10-9-15-13(16)17/h4-7,9-10,14H,8H2,1H3,(H,15,17). The summed E-state index contributed by atoms with van der Waals surface area (Å²) in [5, 5.41) is 2.98.